The maximum absolute atomic E-state index is 11.7. The third-order valence-corrected chi connectivity index (χ3v) is 5.88. The zero-order valence-electron chi connectivity index (χ0n) is 13.5. The summed E-state index contributed by atoms with van der Waals surface area (Å²) in [6.07, 6.45) is 5.59. The lowest BCUT2D eigenvalue weighted by molar-refractivity contribution is -0.149. The molecule has 3 fully saturated rings. The number of hydrogen-bond acceptors (Lipinski definition) is 3. The predicted molar refractivity (Wildman–Crippen MR) is 87.3 cm³/mol. The van der Waals surface area contributed by atoms with Gasteiger partial charge >= 0.3 is 5.97 Å². The van der Waals surface area contributed by atoms with E-state index in [9.17, 15) is 9.90 Å². The zero-order valence-corrected chi connectivity index (χ0v) is 13.5. The van der Waals surface area contributed by atoms with Crippen molar-refractivity contribution in [2.75, 3.05) is 19.7 Å². The van der Waals surface area contributed by atoms with Gasteiger partial charge in [0, 0.05) is 19.6 Å². The molecule has 2 aliphatic carbocycles. The van der Waals surface area contributed by atoms with E-state index in [0.29, 0.717) is 12.5 Å². The minimum atomic E-state index is -0.591. The van der Waals surface area contributed by atoms with E-state index in [-0.39, 0.29) is 0 Å². The van der Waals surface area contributed by atoms with E-state index < -0.39 is 11.4 Å². The summed E-state index contributed by atoms with van der Waals surface area (Å²) in [5, 5.41) is 9.66. The summed E-state index contributed by atoms with van der Waals surface area (Å²) in [6, 6.07) is 8.32. The number of carbonyl (C=O) groups is 1. The largest absolute Gasteiger partial charge is 0.493 e. The number of hydrogen-bond donors (Lipinski definition) is 1. The second-order valence-electron chi connectivity index (χ2n) is 7.62. The van der Waals surface area contributed by atoms with Crippen LogP contribution < -0.4 is 4.74 Å². The van der Waals surface area contributed by atoms with Crippen molar-refractivity contribution in [2.45, 2.75) is 38.6 Å². The van der Waals surface area contributed by atoms with Crippen LogP contribution in [0.15, 0.2) is 24.3 Å². The quantitative estimate of drug-likeness (QED) is 0.876. The molecule has 0 spiro atoms. The molecule has 1 N–H and O–H groups in total. The average Bonchev–Trinajstić information content (AvgIpc) is 3.17. The van der Waals surface area contributed by atoms with Gasteiger partial charge in [-0.1, -0.05) is 18.6 Å². The summed E-state index contributed by atoms with van der Waals surface area (Å²) in [4.78, 5) is 14.1. The highest BCUT2D eigenvalue weighted by Gasteiger charge is 2.54. The summed E-state index contributed by atoms with van der Waals surface area (Å²) in [6.45, 7) is 3.31. The third-order valence-electron chi connectivity index (χ3n) is 5.88. The number of fused-ring (bicyclic) bond motifs is 1. The number of ether oxygens (including phenoxy) is 1. The second-order valence-corrected chi connectivity index (χ2v) is 7.62. The normalized spacial score (nSPS) is 30.3. The maximum Gasteiger partial charge on any atom is 0.311 e. The molecule has 1 saturated heterocycles. The first-order valence-corrected chi connectivity index (χ1v) is 8.83. The Balaban J connectivity index is 1.36. The van der Waals surface area contributed by atoms with Crippen molar-refractivity contribution in [1.29, 1.82) is 0 Å². The van der Waals surface area contributed by atoms with E-state index in [2.05, 4.69) is 17.0 Å². The number of carboxylic acid groups (broad SMARTS) is 1. The molecule has 4 nitrogen and oxygen atoms in total. The van der Waals surface area contributed by atoms with Gasteiger partial charge in [-0.25, -0.2) is 0 Å². The highest BCUT2D eigenvalue weighted by Crippen LogP contribution is 2.49. The van der Waals surface area contributed by atoms with Gasteiger partial charge in [0.05, 0.1) is 12.0 Å². The Labute approximate surface area is 137 Å². The van der Waals surface area contributed by atoms with E-state index in [1.165, 1.54) is 18.4 Å². The first kappa shape index (κ1) is 15.0. The molecule has 1 heterocycles. The molecule has 124 valence electrons. The molecule has 1 aromatic rings. The minimum Gasteiger partial charge on any atom is -0.493 e. The summed E-state index contributed by atoms with van der Waals surface area (Å²) >= 11 is 0. The van der Waals surface area contributed by atoms with Crippen molar-refractivity contribution in [3.05, 3.63) is 29.8 Å². The molecule has 2 atom stereocenters. The number of nitrogens with zero attached hydrogens (tertiary/aromatic N) is 1. The van der Waals surface area contributed by atoms with Crippen LogP contribution in [0, 0.1) is 17.3 Å². The molecule has 3 aliphatic rings. The number of likely N-dealkylation sites (tertiary alicyclic amines) is 1. The summed E-state index contributed by atoms with van der Waals surface area (Å²) < 4.78 is 5.77. The van der Waals surface area contributed by atoms with Gasteiger partial charge in [0.25, 0.3) is 0 Å². The lowest BCUT2D eigenvalue weighted by atomic mass is 9.81. The first-order chi connectivity index (χ1) is 11.2. The summed E-state index contributed by atoms with van der Waals surface area (Å²) in [7, 11) is 0. The molecule has 1 aliphatic heterocycles. The SMILES string of the molecule is O=C(O)[C@@]12CCC[C@H]1CN(Cc1ccc(OCC3CC3)cc1)C2. The van der Waals surface area contributed by atoms with Crippen LogP contribution in [-0.2, 0) is 11.3 Å². The molecule has 0 amide bonds. The maximum atomic E-state index is 11.7. The van der Waals surface area contributed by atoms with Crippen molar-refractivity contribution < 1.29 is 14.6 Å². The van der Waals surface area contributed by atoms with Crippen LogP contribution in [-0.4, -0.2) is 35.7 Å². The molecule has 23 heavy (non-hydrogen) atoms. The monoisotopic (exact) mass is 315 g/mol. The van der Waals surface area contributed by atoms with Gasteiger partial charge < -0.3 is 9.84 Å². The Morgan fingerprint density at radius 1 is 1.26 bits per heavy atom. The lowest BCUT2D eigenvalue weighted by Crippen LogP contribution is -2.35. The van der Waals surface area contributed by atoms with Crippen molar-refractivity contribution >= 4 is 5.97 Å². The van der Waals surface area contributed by atoms with Crippen molar-refractivity contribution in [3.8, 4) is 5.75 Å². The fourth-order valence-corrected chi connectivity index (χ4v) is 4.31. The Kier molecular flexibility index (Phi) is 3.80. The third kappa shape index (κ3) is 2.97. The fourth-order valence-electron chi connectivity index (χ4n) is 4.31. The summed E-state index contributed by atoms with van der Waals surface area (Å²) in [5.74, 6) is 1.46. The smallest absolute Gasteiger partial charge is 0.311 e. The predicted octanol–water partition coefficient (Wildman–Crippen LogP) is 3.16. The number of benzene rings is 1. The highest BCUT2D eigenvalue weighted by atomic mass is 16.5. The van der Waals surface area contributed by atoms with Gasteiger partial charge in [0.1, 0.15) is 5.75 Å². The van der Waals surface area contributed by atoms with Crippen molar-refractivity contribution in [3.63, 3.8) is 0 Å². The van der Waals surface area contributed by atoms with Crippen LogP contribution >= 0.6 is 0 Å². The van der Waals surface area contributed by atoms with Gasteiger partial charge in [-0.2, -0.15) is 0 Å². The number of aliphatic carboxylic acids is 1. The van der Waals surface area contributed by atoms with Gasteiger partial charge in [0.2, 0.25) is 0 Å². The average molecular weight is 315 g/mol. The van der Waals surface area contributed by atoms with Gasteiger partial charge in [0.15, 0.2) is 0 Å². The molecule has 0 radical (unpaired) electrons. The Hall–Kier alpha value is -1.55. The standard InChI is InChI=1S/C19H25NO3/c21-18(22)19-9-1-2-16(19)11-20(13-19)10-14-5-7-17(8-6-14)23-12-15-3-4-15/h5-8,15-16H,1-4,9-13H2,(H,21,22)/t16-,19+/m0/s1. The molecule has 0 bridgehead atoms. The van der Waals surface area contributed by atoms with Crippen LogP contribution in [0.5, 0.6) is 5.75 Å². The molecular formula is C19H25NO3. The van der Waals surface area contributed by atoms with Crippen LogP contribution in [0.3, 0.4) is 0 Å². The van der Waals surface area contributed by atoms with Gasteiger partial charge in [-0.15, -0.1) is 0 Å². The van der Waals surface area contributed by atoms with E-state index >= 15 is 0 Å². The molecule has 4 rings (SSSR count). The van der Waals surface area contributed by atoms with Gasteiger partial charge in [-0.05, 0) is 55.2 Å². The lowest BCUT2D eigenvalue weighted by Gasteiger charge is -2.23. The minimum absolute atomic E-state index is 0.334. The Morgan fingerprint density at radius 3 is 2.70 bits per heavy atom. The number of rotatable bonds is 6. The molecule has 2 saturated carbocycles. The van der Waals surface area contributed by atoms with Crippen molar-refractivity contribution in [1.82, 2.24) is 4.90 Å². The first-order valence-electron chi connectivity index (χ1n) is 8.83. The molecule has 4 heteroatoms. The fraction of sp³-hybridized carbons (Fsp3) is 0.632. The highest BCUT2D eigenvalue weighted by molar-refractivity contribution is 5.76. The van der Waals surface area contributed by atoms with Crippen LogP contribution in [0.25, 0.3) is 0 Å². The zero-order chi connectivity index (χ0) is 15.9. The second kappa shape index (κ2) is 5.82. The molecule has 0 unspecified atom stereocenters. The van der Waals surface area contributed by atoms with E-state index in [0.717, 1.165) is 50.6 Å². The Morgan fingerprint density at radius 2 is 2.04 bits per heavy atom. The number of carboxylic acids is 1. The van der Waals surface area contributed by atoms with Crippen LogP contribution in [0.1, 0.15) is 37.7 Å². The molecular weight excluding hydrogens is 290 g/mol. The van der Waals surface area contributed by atoms with E-state index in [1.54, 1.807) is 0 Å². The summed E-state index contributed by atoms with van der Waals surface area (Å²) in [5.41, 5.74) is 0.761. The van der Waals surface area contributed by atoms with Crippen LogP contribution in [0.4, 0.5) is 0 Å². The van der Waals surface area contributed by atoms with E-state index in [1.807, 2.05) is 12.1 Å². The molecule has 1 aromatic carbocycles. The van der Waals surface area contributed by atoms with Crippen LogP contribution in [0.2, 0.25) is 0 Å². The van der Waals surface area contributed by atoms with E-state index in [4.69, 9.17) is 4.74 Å². The topological polar surface area (TPSA) is 49.8 Å². The molecule has 0 aromatic heterocycles. The van der Waals surface area contributed by atoms with Crippen molar-refractivity contribution in [2.24, 2.45) is 17.3 Å². The van der Waals surface area contributed by atoms with Gasteiger partial charge in [-0.3, -0.25) is 9.69 Å². The Bertz CT molecular complexity index is 581.